The van der Waals surface area contributed by atoms with Crippen molar-refractivity contribution in [3.63, 3.8) is 0 Å². The van der Waals surface area contributed by atoms with E-state index in [0.717, 1.165) is 12.3 Å². The number of rotatable bonds is 4. The Bertz CT molecular complexity index is 987. The van der Waals surface area contributed by atoms with E-state index in [2.05, 4.69) is 20.4 Å². The molecule has 0 aliphatic heterocycles. The van der Waals surface area contributed by atoms with Crippen LogP contribution >= 0.6 is 0 Å². The Hall–Kier alpha value is -3.41. The molecule has 6 nitrogen and oxygen atoms in total. The fourth-order valence-corrected chi connectivity index (χ4v) is 2.48. The van der Waals surface area contributed by atoms with Crippen LogP contribution in [0, 0.1) is 11.3 Å². The van der Waals surface area contributed by atoms with Gasteiger partial charge in [-0.1, -0.05) is 11.3 Å². The van der Waals surface area contributed by atoms with Gasteiger partial charge in [0.05, 0.1) is 6.10 Å². The standard InChI is InChI=1S/C18H14F3N5O/c1-10(2)27-14-6-12(11-3-4-16(23-9-11)18(19,20)21)5-13(7-14)17-15(8-22)24-26-25-17/h3-7,9-10H,1-2H3,(H,24,25,26). The average Bonchev–Trinajstić information content (AvgIpc) is 3.09. The number of aromatic amines is 1. The summed E-state index contributed by atoms with van der Waals surface area (Å²) in [6, 6.07) is 9.29. The highest BCUT2D eigenvalue weighted by molar-refractivity contribution is 5.75. The molecule has 0 saturated carbocycles. The lowest BCUT2D eigenvalue weighted by Crippen LogP contribution is -2.07. The zero-order valence-corrected chi connectivity index (χ0v) is 14.4. The van der Waals surface area contributed by atoms with Crippen molar-refractivity contribution in [1.29, 1.82) is 5.26 Å². The molecule has 3 rings (SSSR count). The van der Waals surface area contributed by atoms with Gasteiger partial charge in [-0.15, -0.1) is 5.10 Å². The molecule has 0 spiro atoms. The first kappa shape index (κ1) is 18.4. The quantitative estimate of drug-likeness (QED) is 0.740. The molecule has 0 aliphatic carbocycles. The van der Waals surface area contributed by atoms with Crippen LogP contribution in [0.2, 0.25) is 0 Å². The molecule has 3 aromatic rings. The van der Waals surface area contributed by atoms with Crippen LogP contribution in [-0.4, -0.2) is 26.5 Å². The molecule has 1 N–H and O–H groups in total. The fraction of sp³-hybridized carbons (Fsp3) is 0.222. The third-order valence-corrected chi connectivity index (χ3v) is 3.60. The minimum Gasteiger partial charge on any atom is -0.491 e. The van der Waals surface area contributed by atoms with Crippen LogP contribution in [0.1, 0.15) is 25.2 Å². The molecule has 0 atom stereocenters. The van der Waals surface area contributed by atoms with Crippen molar-refractivity contribution < 1.29 is 17.9 Å². The predicted octanol–water partition coefficient (Wildman–Crippen LogP) is 4.21. The Morgan fingerprint density at radius 2 is 1.85 bits per heavy atom. The van der Waals surface area contributed by atoms with Gasteiger partial charge in [0.25, 0.3) is 0 Å². The Morgan fingerprint density at radius 1 is 1.11 bits per heavy atom. The number of aromatic nitrogens is 4. The molecule has 0 amide bonds. The third kappa shape index (κ3) is 4.06. The maximum Gasteiger partial charge on any atom is 0.433 e. The number of nitriles is 1. The van der Waals surface area contributed by atoms with E-state index in [0.29, 0.717) is 28.1 Å². The van der Waals surface area contributed by atoms with Crippen molar-refractivity contribution in [2.24, 2.45) is 0 Å². The van der Waals surface area contributed by atoms with Crippen LogP contribution < -0.4 is 4.74 Å². The first-order valence-corrected chi connectivity index (χ1v) is 7.95. The molecular formula is C18H14F3N5O. The van der Waals surface area contributed by atoms with Crippen LogP contribution in [0.15, 0.2) is 36.5 Å². The molecule has 2 heterocycles. The zero-order chi connectivity index (χ0) is 19.6. The number of hydrogen-bond acceptors (Lipinski definition) is 5. The largest absolute Gasteiger partial charge is 0.491 e. The summed E-state index contributed by atoms with van der Waals surface area (Å²) < 4.78 is 43.9. The van der Waals surface area contributed by atoms with Gasteiger partial charge < -0.3 is 4.74 Å². The van der Waals surface area contributed by atoms with Gasteiger partial charge in [-0.3, -0.25) is 4.98 Å². The highest BCUT2D eigenvalue weighted by Gasteiger charge is 2.32. The number of alkyl halides is 3. The van der Waals surface area contributed by atoms with Gasteiger partial charge in [-0.25, -0.2) is 5.10 Å². The van der Waals surface area contributed by atoms with Crippen molar-refractivity contribution in [1.82, 2.24) is 20.4 Å². The number of nitrogens with zero attached hydrogens (tertiary/aromatic N) is 4. The maximum absolute atomic E-state index is 12.7. The van der Waals surface area contributed by atoms with Crippen LogP contribution in [0.5, 0.6) is 5.75 Å². The molecule has 27 heavy (non-hydrogen) atoms. The molecule has 0 saturated heterocycles. The van der Waals surface area contributed by atoms with Gasteiger partial charge in [-0.05, 0) is 43.7 Å². The summed E-state index contributed by atoms with van der Waals surface area (Å²) in [6.45, 7) is 3.70. The van der Waals surface area contributed by atoms with E-state index in [4.69, 9.17) is 10.00 Å². The molecule has 0 aliphatic rings. The highest BCUT2D eigenvalue weighted by Crippen LogP contribution is 2.33. The second kappa shape index (κ2) is 7.07. The number of halogens is 3. The minimum atomic E-state index is -4.51. The Labute approximate surface area is 152 Å². The van der Waals surface area contributed by atoms with Gasteiger partial charge in [0.1, 0.15) is 23.2 Å². The van der Waals surface area contributed by atoms with Gasteiger partial charge in [0.15, 0.2) is 5.69 Å². The molecule has 138 valence electrons. The van der Waals surface area contributed by atoms with Gasteiger partial charge >= 0.3 is 6.18 Å². The lowest BCUT2D eigenvalue weighted by Gasteiger charge is -2.13. The smallest absolute Gasteiger partial charge is 0.433 e. The normalized spacial score (nSPS) is 11.4. The topological polar surface area (TPSA) is 87.5 Å². The van der Waals surface area contributed by atoms with Crippen molar-refractivity contribution in [2.75, 3.05) is 0 Å². The number of ether oxygens (including phenoxy) is 1. The number of benzene rings is 1. The summed E-state index contributed by atoms with van der Waals surface area (Å²) in [5, 5.41) is 19.2. The summed E-state index contributed by atoms with van der Waals surface area (Å²) in [5.74, 6) is 0.490. The Morgan fingerprint density at radius 3 is 2.44 bits per heavy atom. The summed E-state index contributed by atoms with van der Waals surface area (Å²) in [5.41, 5.74) is 1.13. The summed E-state index contributed by atoms with van der Waals surface area (Å²) in [4.78, 5) is 3.49. The van der Waals surface area contributed by atoms with Gasteiger partial charge in [-0.2, -0.15) is 18.4 Å². The molecule has 0 bridgehead atoms. The minimum absolute atomic E-state index is 0.119. The molecule has 9 heteroatoms. The SMILES string of the molecule is CC(C)Oc1cc(-c2ccc(C(F)(F)F)nc2)cc(-c2nn[nH]c2C#N)c1. The molecular weight excluding hydrogens is 359 g/mol. The van der Waals surface area contributed by atoms with Crippen molar-refractivity contribution in [3.8, 4) is 34.2 Å². The van der Waals surface area contributed by atoms with Crippen LogP contribution in [0.4, 0.5) is 13.2 Å². The maximum atomic E-state index is 12.7. The zero-order valence-electron chi connectivity index (χ0n) is 14.4. The molecule has 1 aromatic carbocycles. The Balaban J connectivity index is 2.09. The van der Waals surface area contributed by atoms with E-state index in [-0.39, 0.29) is 11.8 Å². The highest BCUT2D eigenvalue weighted by atomic mass is 19.4. The van der Waals surface area contributed by atoms with Crippen molar-refractivity contribution in [3.05, 3.63) is 47.9 Å². The van der Waals surface area contributed by atoms with E-state index in [1.807, 2.05) is 19.9 Å². The van der Waals surface area contributed by atoms with Crippen molar-refractivity contribution in [2.45, 2.75) is 26.1 Å². The van der Waals surface area contributed by atoms with E-state index < -0.39 is 11.9 Å². The average molecular weight is 373 g/mol. The van der Waals surface area contributed by atoms with E-state index in [1.165, 1.54) is 6.07 Å². The molecule has 0 unspecified atom stereocenters. The van der Waals surface area contributed by atoms with Crippen LogP contribution in [0.25, 0.3) is 22.4 Å². The molecule has 0 fully saturated rings. The summed E-state index contributed by atoms with van der Waals surface area (Å²) in [7, 11) is 0. The predicted molar refractivity (Wildman–Crippen MR) is 90.5 cm³/mol. The van der Waals surface area contributed by atoms with Gasteiger partial charge in [0, 0.05) is 17.3 Å². The van der Waals surface area contributed by atoms with E-state index in [1.54, 1.807) is 18.2 Å². The third-order valence-electron chi connectivity index (χ3n) is 3.60. The number of pyridine rings is 1. The van der Waals surface area contributed by atoms with Crippen LogP contribution in [0.3, 0.4) is 0 Å². The second-order valence-electron chi connectivity index (χ2n) is 5.99. The lowest BCUT2D eigenvalue weighted by atomic mass is 10.0. The first-order chi connectivity index (χ1) is 12.8. The van der Waals surface area contributed by atoms with E-state index in [9.17, 15) is 13.2 Å². The molecule has 2 aromatic heterocycles. The number of hydrogen-bond donors (Lipinski definition) is 1. The number of nitrogens with one attached hydrogen (secondary N) is 1. The lowest BCUT2D eigenvalue weighted by molar-refractivity contribution is -0.141. The number of H-pyrrole nitrogens is 1. The first-order valence-electron chi connectivity index (χ1n) is 7.95. The molecule has 0 radical (unpaired) electrons. The summed E-state index contributed by atoms with van der Waals surface area (Å²) >= 11 is 0. The van der Waals surface area contributed by atoms with Crippen LogP contribution in [-0.2, 0) is 6.18 Å². The van der Waals surface area contributed by atoms with Crippen molar-refractivity contribution >= 4 is 0 Å². The van der Waals surface area contributed by atoms with Gasteiger partial charge in [0.2, 0.25) is 0 Å². The Kier molecular flexibility index (Phi) is 4.81. The van der Waals surface area contributed by atoms with E-state index >= 15 is 0 Å². The fourth-order valence-electron chi connectivity index (χ4n) is 2.48. The summed E-state index contributed by atoms with van der Waals surface area (Å²) in [6.07, 6.45) is -3.48. The second-order valence-corrected chi connectivity index (χ2v) is 5.99. The monoisotopic (exact) mass is 373 g/mol.